The quantitative estimate of drug-likeness (QED) is 0.897. The number of aromatic nitrogens is 1. The molecule has 0 saturated carbocycles. The molecule has 0 spiro atoms. The molecule has 1 aromatic heterocycles. The van der Waals surface area contributed by atoms with E-state index in [1.54, 1.807) is 18.3 Å². The molecule has 90 valence electrons. The number of halogens is 1. The van der Waals surface area contributed by atoms with Gasteiger partial charge in [0, 0.05) is 11.8 Å². The van der Waals surface area contributed by atoms with E-state index in [2.05, 4.69) is 4.98 Å². The van der Waals surface area contributed by atoms with Crippen LogP contribution < -0.4 is 10.5 Å². The van der Waals surface area contributed by atoms with Gasteiger partial charge in [-0.1, -0.05) is 6.07 Å². The van der Waals surface area contributed by atoms with Crippen LogP contribution in [-0.4, -0.2) is 4.98 Å². The van der Waals surface area contributed by atoms with Gasteiger partial charge in [-0.25, -0.2) is 9.37 Å². The van der Waals surface area contributed by atoms with Crippen molar-refractivity contribution in [3.63, 3.8) is 0 Å². The van der Waals surface area contributed by atoms with Gasteiger partial charge < -0.3 is 10.5 Å². The molecule has 0 amide bonds. The first-order valence-corrected chi connectivity index (χ1v) is 5.22. The molecular weight excluding hydrogens is 233 g/mol. The van der Waals surface area contributed by atoms with Gasteiger partial charge in [-0.3, -0.25) is 0 Å². The van der Waals surface area contributed by atoms with Gasteiger partial charge in [0.15, 0.2) is 11.6 Å². The third-order valence-electron chi connectivity index (χ3n) is 2.30. The Bertz CT molecular complexity index is 590. The van der Waals surface area contributed by atoms with Crippen molar-refractivity contribution in [2.75, 3.05) is 5.73 Å². The van der Waals surface area contributed by atoms with Gasteiger partial charge >= 0.3 is 0 Å². The van der Waals surface area contributed by atoms with Crippen LogP contribution in [0.2, 0.25) is 0 Å². The molecule has 0 aliphatic rings. The number of anilines is 1. The molecule has 2 aromatic rings. The Morgan fingerprint density at radius 2 is 2.17 bits per heavy atom. The van der Waals surface area contributed by atoms with Crippen molar-refractivity contribution >= 4 is 5.82 Å². The van der Waals surface area contributed by atoms with Crippen molar-refractivity contribution in [3.8, 4) is 11.8 Å². The van der Waals surface area contributed by atoms with E-state index in [-0.39, 0.29) is 17.9 Å². The van der Waals surface area contributed by atoms with Crippen molar-refractivity contribution in [1.82, 2.24) is 4.98 Å². The molecule has 4 nitrogen and oxygen atoms in total. The molecule has 18 heavy (non-hydrogen) atoms. The number of nitrogens with two attached hydrogens (primary N) is 1. The van der Waals surface area contributed by atoms with Crippen LogP contribution in [0.25, 0.3) is 0 Å². The molecule has 1 heterocycles. The Morgan fingerprint density at radius 1 is 1.33 bits per heavy atom. The second kappa shape index (κ2) is 5.15. The molecule has 5 heteroatoms. The highest BCUT2D eigenvalue weighted by Gasteiger charge is 2.05. The number of pyridine rings is 1. The third kappa shape index (κ3) is 2.74. The highest BCUT2D eigenvalue weighted by molar-refractivity contribution is 5.36. The van der Waals surface area contributed by atoms with Crippen LogP contribution in [0.5, 0.6) is 5.75 Å². The summed E-state index contributed by atoms with van der Waals surface area (Å²) in [5, 5.41) is 8.61. The lowest BCUT2D eigenvalue weighted by Crippen LogP contribution is -1.99. The summed E-state index contributed by atoms with van der Waals surface area (Å²) in [5.41, 5.74) is 6.49. The number of nitrogen functional groups attached to an aromatic ring is 1. The maximum absolute atomic E-state index is 13.5. The SMILES string of the molecule is N#Cc1ccc(OCc2ccc(N)nc2)c(F)c1. The zero-order chi connectivity index (χ0) is 13.0. The van der Waals surface area contributed by atoms with Gasteiger partial charge in [0.2, 0.25) is 0 Å². The minimum atomic E-state index is -0.558. The van der Waals surface area contributed by atoms with Gasteiger partial charge in [-0.2, -0.15) is 5.26 Å². The van der Waals surface area contributed by atoms with E-state index >= 15 is 0 Å². The number of benzene rings is 1. The van der Waals surface area contributed by atoms with E-state index in [1.807, 2.05) is 6.07 Å². The fourth-order valence-corrected chi connectivity index (χ4v) is 1.37. The Morgan fingerprint density at radius 3 is 2.78 bits per heavy atom. The van der Waals surface area contributed by atoms with Crippen LogP contribution in [-0.2, 0) is 6.61 Å². The molecule has 2 N–H and O–H groups in total. The summed E-state index contributed by atoms with van der Waals surface area (Å²) in [4.78, 5) is 3.90. The normalized spacial score (nSPS) is 9.78. The summed E-state index contributed by atoms with van der Waals surface area (Å²) in [7, 11) is 0. The Kier molecular flexibility index (Phi) is 3.39. The van der Waals surface area contributed by atoms with Gasteiger partial charge in [0.05, 0.1) is 11.6 Å². The van der Waals surface area contributed by atoms with E-state index < -0.39 is 5.82 Å². The van der Waals surface area contributed by atoms with E-state index in [0.29, 0.717) is 5.82 Å². The average Bonchev–Trinajstić information content (AvgIpc) is 2.39. The zero-order valence-electron chi connectivity index (χ0n) is 9.43. The minimum absolute atomic E-state index is 0.103. The summed E-state index contributed by atoms with van der Waals surface area (Å²) >= 11 is 0. The highest BCUT2D eigenvalue weighted by Crippen LogP contribution is 2.19. The topological polar surface area (TPSA) is 71.9 Å². The third-order valence-corrected chi connectivity index (χ3v) is 2.30. The fraction of sp³-hybridized carbons (Fsp3) is 0.0769. The highest BCUT2D eigenvalue weighted by atomic mass is 19.1. The van der Waals surface area contributed by atoms with Crippen molar-refractivity contribution in [2.45, 2.75) is 6.61 Å². The molecule has 0 aliphatic heterocycles. The molecule has 0 aliphatic carbocycles. The van der Waals surface area contributed by atoms with Gasteiger partial charge in [0.1, 0.15) is 12.4 Å². The monoisotopic (exact) mass is 243 g/mol. The molecule has 2 rings (SSSR count). The molecule has 0 radical (unpaired) electrons. The van der Waals surface area contributed by atoms with Crippen LogP contribution in [0.3, 0.4) is 0 Å². The second-order valence-corrected chi connectivity index (χ2v) is 3.64. The van der Waals surface area contributed by atoms with E-state index in [1.165, 1.54) is 12.1 Å². The maximum Gasteiger partial charge on any atom is 0.166 e. The van der Waals surface area contributed by atoms with Crippen LogP contribution >= 0.6 is 0 Å². The first kappa shape index (κ1) is 11.9. The fourth-order valence-electron chi connectivity index (χ4n) is 1.37. The Labute approximate surface area is 103 Å². The van der Waals surface area contributed by atoms with E-state index in [4.69, 9.17) is 15.7 Å². The first-order valence-electron chi connectivity index (χ1n) is 5.22. The lowest BCUT2D eigenvalue weighted by Gasteiger charge is -2.07. The van der Waals surface area contributed by atoms with Gasteiger partial charge in [0.25, 0.3) is 0 Å². The number of hydrogen-bond donors (Lipinski definition) is 1. The average molecular weight is 243 g/mol. The number of rotatable bonds is 3. The maximum atomic E-state index is 13.5. The van der Waals surface area contributed by atoms with Crippen LogP contribution in [0.4, 0.5) is 10.2 Å². The molecule has 0 bridgehead atoms. The lowest BCUT2D eigenvalue weighted by atomic mass is 10.2. The largest absolute Gasteiger partial charge is 0.486 e. The zero-order valence-corrected chi connectivity index (χ0v) is 9.43. The molecule has 0 atom stereocenters. The van der Waals surface area contributed by atoms with Crippen LogP contribution in [0, 0.1) is 17.1 Å². The van der Waals surface area contributed by atoms with Gasteiger partial charge in [-0.15, -0.1) is 0 Å². The lowest BCUT2D eigenvalue weighted by molar-refractivity contribution is 0.290. The summed E-state index contributed by atoms with van der Waals surface area (Å²) in [6.07, 6.45) is 1.57. The van der Waals surface area contributed by atoms with Crippen molar-refractivity contribution in [1.29, 1.82) is 5.26 Å². The molecular formula is C13H10FN3O. The summed E-state index contributed by atoms with van der Waals surface area (Å²) in [6, 6.07) is 9.32. The summed E-state index contributed by atoms with van der Waals surface area (Å²) < 4.78 is 18.8. The predicted octanol–water partition coefficient (Wildman–Crippen LogP) is 2.25. The number of nitrogens with zero attached hydrogens (tertiary/aromatic N) is 2. The minimum Gasteiger partial charge on any atom is -0.486 e. The number of hydrogen-bond acceptors (Lipinski definition) is 4. The first-order chi connectivity index (χ1) is 8.69. The molecule has 1 aromatic carbocycles. The Hall–Kier alpha value is -2.61. The van der Waals surface area contributed by atoms with Crippen LogP contribution in [0.15, 0.2) is 36.5 Å². The molecule has 0 fully saturated rings. The summed E-state index contributed by atoms with van der Waals surface area (Å²) in [6.45, 7) is 0.191. The second-order valence-electron chi connectivity index (χ2n) is 3.64. The molecule has 0 saturated heterocycles. The summed E-state index contributed by atoms with van der Waals surface area (Å²) in [5.74, 6) is -0.0356. The van der Waals surface area contributed by atoms with E-state index in [9.17, 15) is 4.39 Å². The van der Waals surface area contributed by atoms with E-state index in [0.717, 1.165) is 11.6 Å². The number of nitriles is 1. The Balaban J connectivity index is 2.06. The smallest absolute Gasteiger partial charge is 0.166 e. The van der Waals surface area contributed by atoms with Crippen molar-refractivity contribution < 1.29 is 9.13 Å². The number of ether oxygens (including phenoxy) is 1. The van der Waals surface area contributed by atoms with Crippen molar-refractivity contribution in [2.24, 2.45) is 0 Å². The standard InChI is InChI=1S/C13H10FN3O/c14-11-5-9(6-15)1-3-12(11)18-8-10-2-4-13(16)17-7-10/h1-5,7H,8H2,(H2,16,17). The predicted molar refractivity (Wildman–Crippen MR) is 64.1 cm³/mol. The van der Waals surface area contributed by atoms with Crippen molar-refractivity contribution in [3.05, 3.63) is 53.5 Å². The van der Waals surface area contributed by atoms with Crippen LogP contribution in [0.1, 0.15) is 11.1 Å². The molecule has 0 unspecified atom stereocenters. The van der Waals surface area contributed by atoms with Gasteiger partial charge in [-0.05, 0) is 24.3 Å².